The van der Waals surface area contributed by atoms with Gasteiger partial charge < -0.3 is 5.32 Å². The SMILES string of the molecule is Cc1cc2nc(C)c(CCC(=O)NCC(C)C)c(C)n2n1. The van der Waals surface area contributed by atoms with Gasteiger partial charge in [0.2, 0.25) is 5.91 Å². The summed E-state index contributed by atoms with van der Waals surface area (Å²) < 4.78 is 1.86. The molecule has 2 aromatic rings. The molecular formula is C16H24N4O. The Balaban J connectivity index is 2.13. The monoisotopic (exact) mass is 288 g/mol. The molecule has 0 aromatic carbocycles. The zero-order valence-electron chi connectivity index (χ0n) is 13.5. The van der Waals surface area contributed by atoms with E-state index in [2.05, 4.69) is 29.2 Å². The van der Waals surface area contributed by atoms with Crippen LogP contribution in [0, 0.1) is 26.7 Å². The van der Waals surface area contributed by atoms with Crippen LogP contribution in [-0.2, 0) is 11.2 Å². The van der Waals surface area contributed by atoms with Crippen molar-refractivity contribution in [1.29, 1.82) is 0 Å². The standard InChI is InChI=1S/C16H24N4O/c1-10(2)9-17-16(21)7-6-14-12(4)18-15-8-11(3)19-20(15)13(14)5/h8,10H,6-7,9H2,1-5H3,(H,17,21). The van der Waals surface area contributed by atoms with Crippen molar-refractivity contribution >= 4 is 11.6 Å². The molecule has 2 aromatic heterocycles. The molecular weight excluding hydrogens is 264 g/mol. The third-order valence-corrected chi connectivity index (χ3v) is 3.60. The van der Waals surface area contributed by atoms with Gasteiger partial charge >= 0.3 is 0 Å². The Kier molecular flexibility index (Phi) is 4.60. The number of amides is 1. The highest BCUT2D eigenvalue weighted by molar-refractivity contribution is 5.76. The highest BCUT2D eigenvalue weighted by Crippen LogP contribution is 2.16. The molecule has 114 valence electrons. The van der Waals surface area contributed by atoms with Crippen molar-refractivity contribution in [2.75, 3.05) is 6.54 Å². The molecule has 0 spiro atoms. The first-order valence-electron chi connectivity index (χ1n) is 7.47. The zero-order chi connectivity index (χ0) is 15.6. The summed E-state index contributed by atoms with van der Waals surface area (Å²) in [4.78, 5) is 16.4. The van der Waals surface area contributed by atoms with Crippen LogP contribution < -0.4 is 5.32 Å². The first kappa shape index (κ1) is 15.5. The molecule has 0 unspecified atom stereocenters. The van der Waals surface area contributed by atoms with Gasteiger partial charge in [-0.2, -0.15) is 5.10 Å². The Hall–Kier alpha value is -1.91. The fourth-order valence-corrected chi connectivity index (χ4v) is 2.45. The van der Waals surface area contributed by atoms with E-state index in [1.807, 2.05) is 31.4 Å². The number of nitrogens with one attached hydrogen (secondary N) is 1. The molecule has 21 heavy (non-hydrogen) atoms. The van der Waals surface area contributed by atoms with Crippen LogP contribution in [0.25, 0.3) is 5.65 Å². The molecule has 0 bridgehead atoms. The average molecular weight is 288 g/mol. The quantitative estimate of drug-likeness (QED) is 0.919. The van der Waals surface area contributed by atoms with Crippen molar-refractivity contribution in [2.24, 2.45) is 5.92 Å². The van der Waals surface area contributed by atoms with E-state index in [1.165, 1.54) is 0 Å². The molecule has 5 heteroatoms. The smallest absolute Gasteiger partial charge is 0.220 e. The van der Waals surface area contributed by atoms with Crippen molar-refractivity contribution in [3.63, 3.8) is 0 Å². The highest BCUT2D eigenvalue weighted by atomic mass is 16.1. The van der Waals surface area contributed by atoms with Gasteiger partial charge in [-0.05, 0) is 38.7 Å². The van der Waals surface area contributed by atoms with Crippen LogP contribution in [0.15, 0.2) is 6.07 Å². The van der Waals surface area contributed by atoms with Crippen LogP contribution in [0.3, 0.4) is 0 Å². The van der Waals surface area contributed by atoms with Gasteiger partial charge in [-0.15, -0.1) is 0 Å². The number of fused-ring (bicyclic) bond motifs is 1. The topological polar surface area (TPSA) is 59.3 Å². The molecule has 5 nitrogen and oxygen atoms in total. The van der Waals surface area contributed by atoms with Gasteiger partial charge in [0.25, 0.3) is 0 Å². The van der Waals surface area contributed by atoms with Gasteiger partial charge in [0.05, 0.1) is 5.69 Å². The molecule has 0 atom stereocenters. The second kappa shape index (κ2) is 6.24. The number of carbonyl (C=O) groups is 1. The van der Waals surface area contributed by atoms with Gasteiger partial charge in [0.15, 0.2) is 5.65 Å². The third kappa shape index (κ3) is 3.60. The van der Waals surface area contributed by atoms with Crippen LogP contribution in [0.5, 0.6) is 0 Å². The number of aryl methyl sites for hydroxylation is 3. The van der Waals surface area contributed by atoms with Gasteiger partial charge in [-0.3, -0.25) is 4.79 Å². The zero-order valence-corrected chi connectivity index (χ0v) is 13.5. The predicted octanol–water partition coefficient (Wildman–Crippen LogP) is 2.36. The van der Waals surface area contributed by atoms with Crippen molar-refractivity contribution in [3.8, 4) is 0 Å². The summed E-state index contributed by atoms with van der Waals surface area (Å²) in [5, 5.41) is 7.41. The molecule has 2 rings (SSSR count). The lowest BCUT2D eigenvalue weighted by Crippen LogP contribution is -2.27. The lowest BCUT2D eigenvalue weighted by Gasteiger charge is -2.11. The second-order valence-electron chi connectivity index (χ2n) is 6.01. The number of carbonyl (C=O) groups excluding carboxylic acids is 1. The molecule has 0 aliphatic carbocycles. The van der Waals surface area contributed by atoms with Crippen molar-refractivity contribution in [2.45, 2.75) is 47.5 Å². The van der Waals surface area contributed by atoms with Gasteiger partial charge in [0, 0.05) is 30.4 Å². The summed E-state index contributed by atoms with van der Waals surface area (Å²) in [7, 11) is 0. The van der Waals surface area contributed by atoms with E-state index in [0.29, 0.717) is 18.8 Å². The lowest BCUT2D eigenvalue weighted by atomic mass is 10.1. The molecule has 0 aliphatic heterocycles. The van der Waals surface area contributed by atoms with E-state index in [4.69, 9.17) is 0 Å². The number of aromatic nitrogens is 3. The number of hydrogen-bond acceptors (Lipinski definition) is 3. The molecule has 0 saturated carbocycles. The largest absolute Gasteiger partial charge is 0.356 e. The van der Waals surface area contributed by atoms with Gasteiger partial charge in [0.1, 0.15) is 0 Å². The third-order valence-electron chi connectivity index (χ3n) is 3.60. The van der Waals surface area contributed by atoms with Crippen LogP contribution >= 0.6 is 0 Å². The average Bonchev–Trinajstić information content (AvgIpc) is 2.76. The number of rotatable bonds is 5. The van der Waals surface area contributed by atoms with E-state index in [9.17, 15) is 4.79 Å². The summed E-state index contributed by atoms with van der Waals surface area (Å²) >= 11 is 0. The Morgan fingerprint density at radius 1 is 1.33 bits per heavy atom. The fourth-order valence-electron chi connectivity index (χ4n) is 2.45. The Morgan fingerprint density at radius 2 is 2.05 bits per heavy atom. The molecule has 0 fully saturated rings. The molecule has 1 N–H and O–H groups in total. The second-order valence-corrected chi connectivity index (χ2v) is 6.01. The summed E-state index contributed by atoms with van der Waals surface area (Å²) in [5.41, 5.74) is 5.00. The van der Waals surface area contributed by atoms with Gasteiger partial charge in [-0.1, -0.05) is 13.8 Å². The van der Waals surface area contributed by atoms with E-state index in [0.717, 1.165) is 34.8 Å². The maximum absolute atomic E-state index is 11.9. The van der Waals surface area contributed by atoms with Crippen molar-refractivity contribution in [1.82, 2.24) is 19.9 Å². The van der Waals surface area contributed by atoms with E-state index < -0.39 is 0 Å². The van der Waals surface area contributed by atoms with Crippen LogP contribution in [-0.4, -0.2) is 27.0 Å². The molecule has 0 radical (unpaired) electrons. The Morgan fingerprint density at radius 3 is 2.71 bits per heavy atom. The van der Waals surface area contributed by atoms with Crippen molar-refractivity contribution in [3.05, 3.63) is 28.7 Å². The minimum absolute atomic E-state index is 0.0965. The molecule has 1 amide bonds. The summed E-state index contributed by atoms with van der Waals surface area (Å²) in [6.45, 7) is 10.9. The minimum Gasteiger partial charge on any atom is -0.356 e. The minimum atomic E-state index is 0.0965. The maximum atomic E-state index is 11.9. The number of nitrogens with zero attached hydrogens (tertiary/aromatic N) is 3. The van der Waals surface area contributed by atoms with Crippen LogP contribution in [0.2, 0.25) is 0 Å². The van der Waals surface area contributed by atoms with Crippen LogP contribution in [0.1, 0.15) is 42.9 Å². The van der Waals surface area contributed by atoms with E-state index in [-0.39, 0.29) is 5.91 Å². The van der Waals surface area contributed by atoms with Crippen molar-refractivity contribution < 1.29 is 4.79 Å². The van der Waals surface area contributed by atoms with E-state index >= 15 is 0 Å². The normalized spacial score (nSPS) is 11.3. The number of hydrogen-bond donors (Lipinski definition) is 1. The first-order valence-corrected chi connectivity index (χ1v) is 7.47. The highest BCUT2D eigenvalue weighted by Gasteiger charge is 2.12. The molecule has 0 aliphatic rings. The fraction of sp³-hybridized carbons (Fsp3) is 0.562. The van der Waals surface area contributed by atoms with Gasteiger partial charge in [-0.25, -0.2) is 9.50 Å². The molecule has 0 saturated heterocycles. The van der Waals surface area contributed by atoms with Crippen LogP contribution in [0.4, 0.5) is 0 Å². The summed E-state index contributed by atoms with van der Waals surface area (Å²) in [6.07, 6.45) is 1.19. The first-order chi connectivity index (χ1) is 9.88. The Bertz CT molecular complexity index is 658. The summed E-state index contributed by atoms with van der Waals surface area (Å²) in [5.74, 6) is 0.571. The summed E-state index contributed by atoms with van der Waals surface area (Å²) in [6, 6.07) is 1.97. The lowest BCUT2D eigenvalue weighted by molar-refractivity contribution is -0.121. The maximum Gasteiger partial charge on any atom is 0.220 e. The predicted molar refractivity (Wildman–Crippen MR) is 83.4 cm³/mol. The molecule has 2 heterocycles. The Labute approximate surface area is 125 Å². The van der Waals surface area contributed by atoms with E-state index in [1.54, 1.807) is 0 Å².